The first-order valence-corrected chi connectivity index (χ1v) is 9.33. The molecule has 25 heavy (non-hydrogen) atoms. The Morgan fingerprint density at radius 3 is 2.84 bits per heavy atom. The first-order valence-electron chi connectivity index (χ1n) is 9.33. The van der Waals surface area contributed by atoms with E-state index in [0.29, 0.717) is 6.04 Å². The first-order chi connectivity index (χ1) is 12.1. The standard InChI is InChI=1S/C20H26N4O/c1-14(2)24-13-11-19(22-24)21-17-10-12-23(20(17)25)18-9-5-7-15-6-3-4-8-16(15)18/h3-4,6,8,11,13-14,17-18H,5,7,9-10,12H2,1-2H3,(H,21,22). The number of rotatable bonds is 4. The number of hydrogen-bond donors (Lipinski definition) is 1. The molecule has 1 fully saturated rings. The molecule has 0 bridgehead atoms. The van der Waals surface area contributed by atoms with Crippen molar-refractivity contribution in [1.82, 2.24) is 14.7 Å². The van der Waals surface area contributed by atoms with Crippen LogP contribution in [0.1, 0.15) is 56.3 Å². The van der Waals surface area contributed by atoms with E-state index < -0.39 is 0 Å². The van der Waals surface area contributed by atoms with Gasteiger partial charge in [-0.1, -0.05) is 24.3 Å². The van der Waals surface area contributed by atoms with Crippen molar-refractivity contribution in [3.8, 4) is 0 Å². The van der Waals surface area contributed by atoms with Crippen LogP contribution in [-0.4, -0.2) is 33.2 Å². The van der Waals surface area contributed by atoms with Gasteiger partial charge in [-0.15, -0.1) is 0 Å². The molecule has 1 aliphatic carbocycles. The van der Waals surface area contributed by atoms with Crippen molar-refractivity contribution in [2.24, 2.45) is 0 Å². The van der Waals surface area contributed by atoms with Gasteiger partial charge in [-0.25, -0.2) is 0 Å². The van der Waals surface area contributed by atoms with E-state index in [9.17, 15) is 4.79 Å². The summed E-state index contributed by atoms with van der Waals surface area (Å²) in [7, 11) is 0. The molecule has 2 atom stereocenters. The minimum atomic E-state index is -0.162. The highest BCUT2D eigenvalue weighted by atomic mass is 16.2. The van der Waals surface area contributed by atoms with Crippen LogP contribution in [0.3, 0.4) is 0 Å². The Morgan fingerprint density at radius 2 is 2.04 bits per heavy atom. The van der Waals surface area contributed by atoms with E-state index in [4.69, 9.17) is 0 Å². The summed E-state index contributed by atoms with van der Waals surface area (Å²) in [5.74, 6) is 0.999. The monoisotopic (exact) mass is 338 g/mol. The predicted molar refractivity (Wildman–Crippen MR) is 98.5 cm³/mol. The van der Waals surface area contributed by atoms with Gasteiger partial charge in [0.1, 0.15) is 11.9 Å². The zero-order valence-electron chi connectivity index (χ0n) is 15.0. The Bertz CT molecular complexity index is 767. The summed E-state index contributed by atoms with van der Waals surface area (Å²) in [5.41, 5.74) is 2.74. The molecule has 1 aromatic carbocycles. The van der Waals surface area contributed by atoms with Crippen molar-refractivity contribution in [1.29, 1.82) is 0 Å². The topological polar surface area (TPSA) is 50.2 Å². The quantitative estimate of drug-likeness (QED) is 0.927. The zero-order chi connectivity index (χ0) is 17.4. The smallest absolute Gasteiger partial charge is 0.245 e. The number of amides is 1. The number of nitrogens with zero attached hydrogens (tertiary/aromatic N) is 3. The number of nitrogens with one attached hydrogen (secondary N) is 1. The molecule has 1 aromatic heterocycles. The van der Waals surface area contributed by atoms with Gasteiger partial charge in [-0.05, 0) is 50.7 Å². The summed E-state index contributed by atoms with van der Waals surface area (Å²) < 4.78 is 1.91. The molecule has 132 valence electrons. The normalized spacial score (nSPS) is 23.2. The fourth-order valence-electron chi connectivity index (χ4n) is 4.08. The van der Waals surface area contributed by atoms with Crippen molar-refractivity contribution in [3.05, 3.63) is 47.7 Å². The van der Waals surface area contributed by atoms with Gasteiger partial charge in [-0.2, -0.15) is 5.10 Å². The molecule has 4 rings (SSSR count). The lowest BCUT2D eigenvalue weighted by molar-refractivity contribution is -0.130. The van der Waals surface area contributed by atoms with E-state index in [0.717, 1.165) is 38.0 Å². The van der Waals surface area contributed by atoms with E-state index >= 15 is 0 Å². The van der Waals surface area contributed by atoms with Gasteiger partial charge in [0, 0.05) is 24.8 Å². The predicted octanol–water partition coefficient (Wildman–Crippen LogP) is 3.55. The van der Waals surface area contributed by atoms with Gasteiger partial charge in [0.15, 0.2) is 0 Å². The third kappa shape index (κ3) is 3.03. The summed E-state index contributed by atoms with van der Waals surface area (Å²) in [4.78, 5) is 15.1. The van der Waals surface area contributed by atoms with Crippen molar-refractivity contribution >= 4 is 11.7 Å². The van der Waals surface area contributed by atoms with Crippen LogP contribution in [0.4, 0.5) is 5.82 Å². The van der Waals surface area contributed by atoms with E-state index in [1.54, 1.807) is 0 Å². The molecule has 0 saturated carbocycles. The molecule has 2 heterocycles. The summed E-state index contributed by atoms with van der Waals surface area (Å²) >= 11 is 0. The fourth-order valence-corrected chi connectivity index (χ4v) is 4.08. The van der Waals surface area contributed by atoms with Gasteiger partial charge in [0.2, 0.25) is 5.91 Å². The third-order valence-corrected chi connectivity index (χ3v) is 5.41. The molecule has 1 amide bonds. The van der Waals surface area contributed by atoms with E-state index in [2.05, 4.69) is 53.4 Å². The van der Waals surface area contributed by atoms with E-state index in [1.807, 2.05) is 16.9 Å². The van der Waals surface area contributed by atoms with Crippen molar-refractivity contribution < 1.29 is 4.79 Å². The molecule has 2 unspecified atom stereocenters. The number of carbonyl (C=O) groups excluding carboxylic acids is 1. The summed E-state index contributed by atoms with van der Waals surface area (Å²) in [6.07, 6.45) is 6.15. The number of aryl methyl sites for hydroxylation is 1. The number of likely N-dealkylation sites (tertiary alicyclic amines) is 1. The second-order valence-electron chi connectivity index (χ2n) is 7.40. The molecule has 1 N–H and O–H groups in total. The SMILES string of the molecule is CC(C)n1ccc(NC2CCN(C3CCCc4ccccc43)C2=O)n1. The lowest BCUT2D eigenvalue weighted by Crippen LogP contribution is -2.37. The van der Waals surface area contributed by atoms with Gasteiger partial charge in [0.25, 0.3) is 0 Å². The lowest BCUT2D eigenvalue weighted by Gasteiger charge is -2.33. The minimum Gasteiger partial charge on any atom is -0.357 e. The average molecular weight is 338 g/mol. The molecule has 1 aliphatic heterocycles. The summed E-state index contributed by atoms with van der Waals surface area (Å²) in [6.45, 7) is 5.01. The van der Waals surface area contributed by atoms with Crippen LogP contribution >= 0.6 is 0 Å². The largest absolute Gasteiger partial charge is 0.357 e. The van der Waals surface area contributed by atoms with Crippen molar-refractivity contribution in [2.75, 3.05) is 11.9 Å². The van der Waals surface area contributed by atoms with Crippen LogP contribution in [0.25, 0.3) is 0 Å². The third-order valence-electron chi connectivity index (χ3n) is 5.41. The Morgan fingerprint density at radius 1 is 1.20 bits per heavy atom. The van der Waals surface area contributed by atoms with Gasteiger partial charge < -0.3 is 10.2 Å². The zero-order valence-corrected chi connectivity index (χ0v) is 15.0. The summed E-state index contributed by atoms with van der Waals surface area (Å²) in [5, 5.41) is 7.85. The Kier molecular flexibility index (Phi) is 4.24. The molecular weight excluding hydrogens is 312 g/mol. The number of anilines is 1. The molecule has 2 aliphatic rings. The second kappa shape index (κ2) is 6.54. The highest BCUT2D eigenvalue weighted by Crippen LogP contribution is 2.36. The molecular formula is C20H26N4O. The van der Waals surface area contributed by atoms with E-state index in [1.165, 1.54) is 11.1 Å². The number of carbonyl (C=O) groups is 1. The molecule has 5 heteroatoms. The second-order valence-corrected chi connectivity index (χ2v) is 7.40. The maximum Gasteiger partial charge on any atom is 0.245 e. The molecule has 1 saturated heterocycles. The summed E-state index contributed by atoms with van der Waals surface area (Å²) in [6, 6.07) is 10.9. The number of fused-ring (bicyclic) bond motifs is 1. The number of benzene rings is 1. The molecule has 5 nitrogen and oxygen atoms in total. The average Bonchev–Trinajstić information content (AvgIpc) is 3.23. The molecule has 2 aromatic rings. The van der Waals surface area contributed by atoms with Crippen molar-refractivity contribution in [2.45, 2.75) is 57.7 Å². The van der Waals surface area contributed by atoms with Crippen molar-refractivity contribution in [3.63, 3.8) is 0 Å². The number of aromatic nitrogens is 2. The van der Waals surface area contributed by atoms with E-state index in [-0.39, 0.29) is 18.0 Å². The van der Waals surface area contributed by atoms with Crippen LogP contribution in [0.2, 0.25) is 0 Å². The fraction of sp³-hybridized carbons (Fsp3) is 0.500. The minimum absolute atomic E-state index is 0.162. The van der Waals surface area contributed by atoms with Gasteiger partial charge >= 0.3 is 0 Å². The van der Waals surface area contributed by atoms with Crippen LogP contribution in [0.5, 0.6) is 0 Å². The Balaban J connectivity index is 1.48. The molecule has 0 spiro atoms. The first kappa shape index (κ1) is 16.2. The maximum atomic E-state index is 13.0. The van der Waals surface area contributed by atoms with Crippen LogP contribution in [0.15, 0.2) is 36.5 Å². The van der Waals surface area contributed by atoms with Crippen LogP contribution in [-0.2, 0) is 11.2 Å². The highest BCUT2D eigenvalue weighted by molar-refractivity contribution is 5.87. The van der Waals surface area contributed by atoms with Gasteiger partial charge in [0.05, 0.1) is 6.04 Å². The Labute approximate surface area is 149 Å². The Hall–Kier alpha value is -2.30. The lowest BCUT2D eigenvalue weighted by atomic mass is 9.87. The number of hydrogen-bond acceptors (Lipinski definition) is 3. The van der Waals surface area contributed by atoms with Crippen LogP contribution in [0, 0.1) is 0 Å². The maximum absolute atomic E-state index is 13.0. The molecule has 0 radical (unpaired) electrons. The van der Waals surface area contributed by atoms with Crippen LogP contribution < -0.4 is 5.32 Å². The highest BCUT2D eigenvalue weighted by Gasteiger charge is 2.38. The van der Waals surface area contributed by atoms with Gasteiger partial charge in [-0.3, -0.25) is 9.48 Å².